The van der Waals surface area contributed by atoms with E-state index in [2.05, 4.69) is 31.1 Å². The van der Waals surface area contributed by atoms with Gasteiger partial charge in [-0.05, 0) is 40.2 Å². The molecule has 2 nitrogen and oxygen atoms in total. The molecule has 1 unspecified atom stereocenters. The predicted molar refractivity (Wildman–Crippen MR) is 51.3 cm³/mol. The zero-order chi connectivity index (χ0) is 8.77. The summed E-state index contributed by atoms with van der Waals surface area (Å²) in [6.07, 6.45) is 4.18. The maximum absolute atomic E-state index is 3.43. The lowest BCUT2D eigenvalue weighted by molar-refractivity contribution is 0.145. The summed E-state index contributed by atoms with van der Waals surface area (Å²) in [7, 11) is 2.09. The van der Waals surface area contributed by atoms with Crippen LogP contribution >= 0.6 is 0 Å². The minimum atomic E-state index is 0.385. The Balaban J connectivity index is 2.07. The van der Waals surface area contributed by atoms with E-state index in [4.69, 9.17) is 0 Å². The zero-order valence-corrected chi connectivity index (χ0v) is 8.43. The fourth-order valence-corrected chi connectivity index (χ4v) is 2.65. The van der Waals surface area contributed by atoms with E-state index < -0.39 is 0 Å². The van der Waals surface area contributed by atoms with E-state index in [9.17, 15) is 0 Å². The highest BCUT2D eigenvalue weighted by molar-refractivity contribution is 5.04. The van der Waals surface area contributed by atoms with E-state index in [1.807, 2.05) is 0 Å². The first-order valence-electron chi connectivity index (χ1n) is 5.10. The van der Waals surface area contributed by atoms with Gasteiger partial charge in [0.05, 0.1) is 0 Å². The van der Waals surface area contributed by atoms with Gasteiger partial charge in [-0.15, -0.1) is 0 Å². The van der Waals surface area contributed by atoms with Crippen LogP contribution < -0.4 is 5.32 Å². The summed E-state index contributed by atoms with van der Waals surface area (Å²) in [5, 5.41) is 3.43. The van der Waals surface area contributed by atoms with Crippen molar-refractivity contribution < 1.29 is 0 Å². The van der Waals surface area contributed by atoms with Crippen LogP contribution in [0.1, 0.15) is 33.1 Å². The molecule has 1 heterocycles. The topological polar surface area (TPSA) is 15.3 Å². The van der Waals surface area contributed by atoms with Crippen LogP contribution in [0.2, 0.25) is 0 Å². The molecular formula is C10H20N2. The third-order valence-electron chi connectivity index (χ3n) is 3.59. The molecule has 1 aliphatic carbocycles. The second-order valence-electron chi connectivity index (χ2n) is 4.71. The summed E-state index contributed by atoms with van der Waals surface area (Å²) in [4.78, 5) is 2.69. The van der Waals surface area contributed by atoms with Crippen LogP contribution in [0.15, 0.2) is 0 Å². The highest BCUT2D eigenvalue weighted by Crippen LogP contribution is 2.38. The summed E-state index contributed by atoms with van der Waals surface area (Å²) in [6, 6.07) is 1.61. The minimum absolute atomic E-state index is 0.385. The first-order chi connectivity index (χ1) is 5.66. The molecule has 0 bridgehead atoms. The molecule has 1 saturated carbocycles. The van der Waals surface area contributed by atoms with Gasteiger partial charge in [-0.3, -0.25) is 4.90 Å². The van der Waals surface area contributed by atoms with Crippen molar-refractivity contribution in [2.75, 3.05) is 13.6 Å². The quantitative estimate of drug-likeness (QED) is 0.667. The summed E-state index contributed by atoms with van der Waals surface area (Å²) >= 11 is 0. The van der Waals surface area contributed by atoms with Crippen molar-refractivity contribution in [3.63, 3.8) is 0 Å². The fraction of sp³-hybridized carbons (Fsp3) is 1.00. The molecule has 1 atom stereocenters. The Hall–Kier alpha value is -0.0800. The predicted octanol–water partition coefficient (Wildman–Crippen LogP) is 1.22. The number of nitrogens with one attached hydrogen (secondary N) is 1. The van der Waals surface area contributed by atoms with Crippen molar-refractivity contribution in [2.45, 2.75) is 50.7 Å². The smallest absolute Gasteiger partial charge is 0.0309 e. The molecule has 70 valence electrons. The molecule has 0 amide bonds. The zero-order valence-electron chi connectivity index (χ0n) is 8.43. The Bertz CT molecular complexity index is 173. The highest BCUT2D eigenvalue weighted by atomic mass is 15.3. The lowest BCUT2D eigenvalue weighted by atomic mass is 9.96. The van der Waals surface area contributed by atoms with Crippen LogP contribution in [0, 0.1) is 0 Å². The number of likely N-dealkylation sites (N-methyl/N-ethyl adjacent to an activating group) is 1. The Kier molecular flexibility index (Phi) is 1.92. The largest absolute Gasteiger partial charge is 0.315 e. The van der Waals surface area contributed by atoms with Gasteiger partial charge in [-0.2, -0.15) is 0 Å². The lowest BCUT2D eigenvalue weighted by Gasteiger charge is -2.36. The average molecular weight is 168 g/mol. The van der Waals surface area contributed by atoms with E-state index >= 15 is 0 Å². The first kappa shape index (κ1) is 8.52. The molecule has 2 heteroatoms. The number of likely N-dealkylation sites (tertiary alicyclic amines) is 1. The number of hydrogen-bond acceptors (Lipinski definition) is 2. The van der Waals surface area contributed by atoms with Gasteiger partial charge in [0, 0.05) is 24.2 Å². The van der Waals surface area contributed by atoms with Crippen LogP contribution in [0.5, 0.6) is 0 Å². The van der Waals surface area contributed by atoms with Crippen molar-refractivity contribution in [1.82, 2.24) is 10.2 Å². The second kappa shape index (κ2) is 2.71. The van der Waals surface area contributed by atoms with E-state index in [1.165, 1.54) is 25.8 Å². The normalized spacial score (nSPS) is 35.8. The van der Waals surface area contributed by atoms with Gasteiger partial charge in [0.2, 0.25) is 0 Å². The molecule has 2 fully saturated rings. The first-order valence-corrected chi connectivity index (χ1v) is 5.10. The van der Waals surface area contributed by atoms with E-state index in [-0.39, 0.29) is 0 Å². The Labute approximate surface area is 75.3 Å². The van der Waals surface area contributed by atoms with Crippen molar-refractivity contribution in [3.05, 3.63) is 0 Å². The van der Waals surface area contributed by atoms with Gasteiger partial charge in [-0.1, -0.05) is 0 Å². The molecule has 2 aliphatic rings. The third kappa shape index (κ3) is 1.17. The van der Waals surface area contributed by atoms with Gasteiger partial charge < -0.3 is 5.32 Å². The maximum atomic E-state index is 3.43. The molecule has 12 heavy (non-hydrogen) atoms. The molecule has 0 aromatic heterocycles. The minimum Gasteiger partial charge on any atom is -0.315 e. The second-order valence-corrected chi connectivity index (χ2v) is 4.71. The highest BCUT2D eigenvalue weighted by Gasteiger charge is 2.46. The summed E-state index contributed by atoms with van der Waals surface area (Å²) in [5.74, 6) is 0. The maximum Gasteiger partial charge on any atom is 0.0309 e. The molecule has 0 aromatic carbocycles. The van der Waals surface area contributed by atoms with Gasteiger partial charge in [0.25, 0.3) is 0 Å². The van der Waals surface area contributed by atoms with Crippen LogP contribution in [0.3, 0.4) is 0 Å². The Morgan fingerprint density at radius 1 is 1.25 bits per heavy atom. The van der Waals surface area contributed by atoms with Crippen LogP contribution in [0.4, 0.5) is 0 Å². The fourth-order valence-electron chi connectivity index (χ4n) is 2.65. The van der Waals surface area contributed by atoms with E-state index in [0.29, 0.717) is 11.6 Å². The number of nitrogens with zero attached hydrogens (tertiary/aromatic N) is 1. The van der Waals surface area contributed by atoms with E-state index in [1.54, 1.807) is 0 Å². The van der Waals surface area contributed by atoms with Gasteiger partial charge in [0.1, 0.15) is 0 Å². The lowest BCUT2D eigenvalue weighted by Crippen LogP contribution is -2.50. The third-order valence-corrected chi connectivity index (χ3v) is 3.59. The summed E-state index contributed by atoms with van der Waals surface area (Å²) in [5.41, 5.74) is 0.385. The summed E-state index contributed by atoms with van der Waals surface area (Å²) in [6.45, 7) is 6.04. The molecule has 0 spiro atoms. The number of rotatable bonds is 2. The van der Waals surface area contributed by atoms with Crippen molar-refractivity contribution in [1.29, 1.82) is 0 Å². The van der Waals surface area contributed by atoms with Crippen molar-refractivity contribution in [2.24, 2.45) is 0 Å². The molecule has 0 aromatic rings. The van der Waals surface area contributed by atoms with Gasteiger partial charge in [0.15, 0.2) is 0 Å². The molecule has 2 rings (SSSR count). The standard InChI is InChI=1S/C10H20N2/c1-10(2)9(11-3)6-7-12(10)8-4-5-8/h8-9,11H,4-7H2,1-3H3. The van der Waals surface area contributed by atoms with Gasteiger partial charge >= 0.3 is 0 Å². The van der Waals surface area contributed by atoms with Crippen LogP contribution in [0.25, 0.3) is 0 Å². The SMILES string of the molecule is CNC1CCN(C2CC2)C1(C)C. The van der Waals surface area contributed by atoms with Crippen molar-refractivity contribution >= 4 is 0 Å². The van der Waals surface area contributed by atoms with Crippen LogP contribution in [-0.2, 0) is 0 Å². The molecule has 1 N–H and O–H groups in total. The average Bonchev–Trinajstić information content (AvgIpc) is 2.76. The van der Waals surface area contributed by atoms with Gasteiger partial charge in [-0.25, -0.2) is 0 Å². The monoisotopic (exact) mass is 168 g/mol. The Morgan fingerprint density at radius 3 is 2.33 bits per heavy atom. The summed E-state index contributed by atoms with van der Waals surface area (Å²) < 4.78 is 0. The Morgan fingerprint density at radius 2 is 1.92 bits per heavy atom. The molecule has 1 saturated heterocycles. The molecule has 1 aliphatic heterocycles. The van der Waals surface area contributed by atoms with Crippen LogP contribution in [-0.4, -0.2) is 36.1 Å². The molecule has 0 radical (unpaired) electrons. The molecular weight excluding hydrogens is 148 g/mol. The van der Waals surface area contributed by atoms with Crippen molar-refractivity contribution in [3.8, 4) is 0 Å². The van der Waals surface area contributed by atoms with E-state index in [0.717, 1.165) is 6.04 Å². The number of hydrogen-bond donors (Lipinski definition) is 1.